The number of fused-ring (bicyclic) bond motifs is 1. The molecule has 1 fully saturated rings. The van der Waals surface area contributed by atoms with Crippen molar-refractivity contribution in [2.24, 2.45) is 4.99 Å². The highest BCUT2D eigenvalue weighted by Gasteiger charge is 2.18. The summed E-state index contributed by atoms with van der Waals surface area (Å²) in [5.74, 6) is 0.750. The molecule has 8 nitrogen and oxygen atoms in total. The number of halogens is 1. The van der Waals surface area contributed by atoms with E-state index in [2.05, 4.69) is 59.4 Å². The average Bonchev–Trinajstić information content (AvgIpc) is 3.12. The molecule has 1 N–H and O–H groups in total. The fraction of sp³-hybridized carbons (Fsp3) is 0.355. The van der Waals surface area contributed by atoms with Crippen LogP contribution in [0, 0.1) is 0 Å². The highest BCUT2D eigenvalue weighted by Crippen LogP contribution is 2.28. The fourth-order valence-electron chi connectivity index (χ4n) is 5.29. The van der Waals surface area contributed by atoms with E-state index < -0.39 is 9.84 Å². The normalized spacial score (nSPS) is 16.1. The maximum atomic E-state index is 13.7. The summed E-state index contributed by atoms with van der Waals surface area (Å²) in [7, 11) is -1.27. The third kappa shape index (κ3) is 6.12. The van der Waals surface area contributed by atoms with Crippen LogP contribution in [0.3, 0.4) is 0 Å². The molecule has 3 heterocycles. The molecule has 2 aliphatic rings. The molecule has 1 saturated heterocycles. The molecule has 3 aromatic rings. The topological polar surface area (TPSA) is 87.0 Å². The Morgan fingerprint density at radius 3 is 2.29 bits per heavy atom. The number of sulfone groups is 1. The van der Waals surface area contributed by atoms with Crippen molar-refractivity contribution < 1.29 is 8.42 Å². The number of anilines is 2. The van der Waals surface area contributed by atoms with Crippen molar-refractivity contribution in [3.63, 3.8) is 0 Å². The van der Waals surface area contributed by atoms with Gasteiger partial charge in [-0.3, -0.25) is 9.36 Å². The third-order valence-electron chi connectivity index (χ3n) is 7.81. The van der Waals surface area contributed by atoms with E-state index in [9.17, 15) is 13.2 Å². The minimum Gasteiger partial charge on any atom is -0.369 e. The van der Waals surface area contributed by atoms with Gasteiger partial charge in [0.2, 0.25) is 0 Å². The molecule has 5 rings (SSSR count). The number of pyridine rings is 1. The lowest BCUT2D eigenvalue weighted by atomic mass is 10.1. The van der Waals surface area contributed by atoms with Gasteiger partial charge < -0.3 is 15.1 Å². The van der Waals surface area contributed by atoms with E-state index in [0.29, 0.717) is 29.6 Å². The second-order valence-electron chi connectivity index (χ2n) is 10.6. The molecule has 2 aliphatic heterocycles. The van der Waals surface area contributed by atoms with E-state index >= 15 is 0 Å². The van der Waals surface area contributed by atoms with Crippen LogP contribution >= 0.6 is 11.6 Å². The van der Waals surface area contributed by atoms with Crippen LogP contribution in [0.5, 0.6) is 0 Å². The van der Waals surface area contributed by atoms with Crippen molar-refractivity contribution in [1.82, 2.24) is 9.47 Å². The van der Waals surface area contributed by atoms with Gasteiger partial charge in [-0.05, 0) is 74.9 Å². The highest BCUT2D eigenvalue weighted by atomic mass is 35.5. The Bertz CT molecular complexity index is 1790. The van der Waals surface area contributed by atoms with Crippen molar-refractivity contribution in [3.05, 3.63) is 86.0 Å². The van der Waals surface area contributed by atoms with Gasteiger partial charge in [0.15, 0.2) is 9.84 Å². The minimum atomic E-state index is -3.42. The third-order valence-corrected chi connectivity index (χ3v) is 9.23. The molecule has 10 heteroatoms. The predicted molar refractivity (Wildman–Crippen MR) is 167 cm³/mol. The van der Waals surface area contributed by atoms with Gasteiger partial charge in [0.25, 0.3) is 5.56 Å². The van der Waals surface area contributed by atoms with Gasteiger partial charge in [-0.1, -0.05) is 30.7 Å². The van der Waals surface area contributed by atoms with Crippen molar-refractivity contribution in [2.75, 3.05) is 49.7 Å². The number of aromatic nitrogens is 1. The Morgan fingerprint density at radius 1 is 0.976 bits per heavy atom. The molecule has 0 amide bonds. The Morgan fingerprint density at radius 2 is 1.68 bits per heavy atom. The summed E-state index contributed by atoms with van der Waals surface area (Å²) < 4.78 is 25.6. The van der Waals surface area contributed by atoms with Gasteiger partial charge in [-0.2, -0.15) is 0 Å². The number of piperazine rings is 1. The van der Waals surface area contributed by atoms with E-state index in [1.807, 2.05) is 13.0 Å². The van der Waals surface area contributed by atoms with Crippen LogP contribution in [0.1, 0.15) is 26.7 Å². The first-order valence-corrected chi connectivity index (χ1v) is 16.2. The van der Waals surface area contributed by atoms with Crippen LogP contribution in [0.4, 0.5) is 11.4 Å². The molecular weight excluding hydrogens is 558 g/mol. The number of benzene rings is 2. The van der Waals surface area contributed by atoms with Crippen molar-refractivity contribution >= 4 is 38.9 Å². The lowest BCUT2D eigenvalue weighted by Gasteiger charge is -2.34. The van der Waals surface area contributed by atoms with Crippen LogP contribution in [0.2, 0.25) is 5.02 Å². The molecule has 0 radical (unpaired) electrons. The first-order chi connectivity index (χ1) is 19.6. The van der Waals surface area contributed by atoms with E-state index in [-0.39, 0.29) is 15.5 Å². The van der Waals surface area contributed by atoms with Crippen LogP contribution in [-0.2, 0) is 16.4 Å². The molecular formula is C31H36ClN5O3S. The molecule has 0 saturated carbocycles. The summed E-state index contributed by atoms with van der Waals surface area (Å²) in [6, 6.07) is 14.7. The molecule has 0 spiro atoms. The fourth-order valence-corrected chi connectivity index (χ4v) is 6.28. The van der Waals surface area contributed by atoms with Crippen LogP contribution < -0.4 is 26.5 Å². The van der Waals surface area contributed by atoms with Crippen molar-refractivity contribution in [1.29, 1.82) is 0 Å². The summed E-state index contributed by atoms with van der Waals surface area (Å²) in [6.45, 7) is 8.57. The summed E-state index contributed by atoms with van der Waals surface area (Å²) in [6.07, 6.45) is 4.71. The van der Waals surface area contributed by atoms with Gasteiger partial charge in [-0.25, -0.2) is 13.4 Å². The van der Waals surface area contributed by atoms with Crippen molar-refractivity contribution in [3.8, 4) is 11.1 Å². The zero-order chi connectivity index (χ0) is 29.3. The SMILES string of the molecule is CCC1=C(Nc2ccc(N3CCN(C)CC3)cc2)N=c2c(cc(-c3ccc(S(C)(=O)=O)cc3Cl)c(=O)n2CC)=CC1. The number of nitrogens with zero attached hydrogens (tertiary/aromatic N) is 4. The minimum absolute atomic E-state index is 0.113. The van der Waals surface area contributed by atoms with Crippen LogP contribution in [0.25, 0.3) is 17.2 Å². The number of rotatable bonds is 7. The van der Waals surface area contributed by atoms with Crippen LogP contribution in [0.15, 0.2) is 74.6 Å². The summed E-state index contributed by atoms with van der Waals surface area (Å²) >= 11 is 6.51. The number of hydrogen-bond donors (Lipinski definition) is 1. The maximum Gasteiger partial charge on any atom is 0.260 e. The number of likely N-dealkylation sites (N-methyl/N-ethyl adjacent to an activating group) is 1. The number of hydrogen-bond acceptors (Lipinski definition) is 7. The van der Waals surface area contributed by atoms with E-state index in [4.69, 9.17) is 16.6 Å². The summed E-state index contributed by atoms with van der Waals surface area (Å²) in [5.41, 5.74) is 4.55. The molecule has 0 bridgehead atoms. The molecule has 216 valence electrons. The molecule has 0 atom stereocenters. The highest BCUT2D eigenvalue weighted by molar-refractivity contribution is 7.90. The summed E-state index contributed by atoms with van der Waals surface area (Å²) in [5, 5.41) is 4.57. The van der Waals surface area contributed by atoms with Crippen molar-refractivity contribution in [2.45, 2.75) is 38.1 Å². The molecule has 41 heavy (non-hydrogen) atoms. The quantitative estimate of drug-likeness (QED) is 0.447. The average molecular weight is 594 g/mol. The van der Waals surface area contributed by atoms with E-state index in [1.165, 1.54) is 17.8 Å². The lowest BCUT2D eigenvalue weighted by Crippen LogP contribution is -2.44. The van der Waals surface area contributed by atoms with E-state index in [1.54, 1.807) is 10.6 Å². The molecule has 0 unspecified atom stereocenters. The second-order valence-corrected chi connectivity index (χ2v) is 13.0. The Balaban J connectivity index is 1.52. The van der Waals surface area contributed by atoms with Gasteiger partial charge in [0.05, 0.1) is 4.90 Å². The summed E-state index contributed by atoms with van der Waals surface area (Å²) in [4.78, 5) is 23.6. The smallest absolute Gasteiger partial charge is 0.260 e. The monoisotopic (exact) mass is 593 g/mol. The van der Waals surface area contributed by atoms with Gasteiger partial charge in [-0.15, -0.1) is 0 Å². The lowest BCUT2D eigenvalue weighted by molar-refractivity contribution is 0.313. The molecule has 2 aromatic carbocycles. The number of nitrogens with one attached hydrogen (secondary N) is 1. The Labute approximate surface area is 246 Å². The Kier molecular flexibility index (Phi) is 8.40. The first-order valence-electron chi connectivity index (χ1n) is 13.9. The number of allylic oxidation sites excluding steroid dienone is 1. The largest absolute Gasteiger partial charge is 0.369 e. The second kappa shape index (κ2) is 11.8. The van der Waals surface area contributed by atoms with Gasteiger partial charge >= 0.3 is 0 Å². The van der Waals surface area contributed by atoms with Gasteiger partial charge in [0, 0.05) is 71.7 Å². The van der Waals surface area contributed by atoms with E-state index in [0.717, 1.165) is 61.2 Å². The zero-order valence-electron chi connectivity index (χ0n) is 23.9. The molecule has 0 aliphatic carbocycles. The first kappa shape index (κ1) is 29.1. The molecule has 1 aromatic heterocycles. The van der Waals surface area contributed by atoms with Crippen LogP contribution in [-0.4, -0.2) is 57.4 Å². The standard InChI is InChI=1S/C31H36ClN5O3S/c1-5-21-7-8-22-19-27(26-14-13-25(20-28(26)32)41(4,39)40)31(38)37(6-2)30(22)34-29(21)33-23-9-11-24(12-10-23)36-17-15-35(3)16-18-36/h8-14,19-20,33H,5-7,15-18H2,1-4H3. The maximum absolute atomic E-state index is 13.7. The Hall–Kier alpha value is -3.40. The zero-order valence-corrected chi connectivity index (χ0v) is 25.5. The predicted octanol–water partition coefficient (Wildman–Crippen LogP) is 3.88. The van der Waals surface area contributed by atoms with Gasteiger partial charge in [0.1, 0.15) is 11.3 Å².